The molecule has 1 aliphatic rings. The largest absolute Gasteiger partial charge is 0.494 e. The Morgan fingerprint density at radius 2 is 1.81 bits per heavy atom. The van der Waals surface area contributed by atoms with Gasteiger partial charge in [0.2, 0.25) is 0 Å². The molecule has 4 rings (SSSR count). The van der Waals surface area contributed by atoms with Gasteiger partial charge in [0.1, 0.15) is 5.75 Å². The van der Waals surface area contributed by atoms with Crippen LogP contribution in [-0.4, -0.2) is 23.4 Å². The van der Waals surface area contributed by atoms with Crippen LogP contribution in [-0.2, 0) is 16.9 Å². The van der Waals surface area contributed by atoms with E-state index in [9.17, 15) is 14.7 Å². The Morgan fingerprint density at radius 3 is 2.52 bits per heavy atom. The Labute approximate surface area is 185 Å². The Balaban J connectivity index is 1.62. The number of fused-ring (bicyclic) bond motifs is 1. The third-order valence-electron chi connectivity index (χ3n) is 5.37. The van der Waals surface area contributed by atoms with E-state index in [1.54, 1.807) is 60.7 Å². The maximum atomic E-state index is 13.4. The van der Waals surface area contributed by atoms with E-state index < -0.39 is 11.5 Å². The minimum absolute atomic E-state index is 0.246. The first-order chi connectivity index (χ1) is 14.9. The van der Waals surface area contributed by atoms with Crippen molar-refractivity contribution in [2.75, 3.05) is 11.5 Å². The fourth-order valence-electron chi connectivity index (χ4n) is 3.89. The zero-order chi connectivity index (χ0) is 22.0. The van der Waals surface area contributed by atoms with Crippen LogP contribution >= 0.6 is 11.6 Å². The monoisotopic (exact) mass is 435 g/mol. The maximum Gasteiger partial charge on any atom is 0.264 e. The van der Waals surface area contributed by atoms with Crippen molar-refractivity contribution >= 4 is 29.0 Å². The van der Waals surface area contributed by atoms with Crippen LogP contribution in [0.15, 0.2) is 72.8 Å². The van der Waals surface area contributed by atoms with Gasteiger partial charge in [0, 0.05) is 16.1 Å². The normalized spacial score (nSPS) is 17.5. The second-order valence-electron chi connectivity index (χ2n) is 7.46. The van der Waals surface area contributed by atoms with Gasteiger partial charge in [-0.2, -0.15) is 0 Å². The molecule has 1 aliphatic heterocycles. The first-order valence-electron chi connectivity index (χ1n) is 10.1. The number of nitrogens with zero attached hydrogens (tertiary/aromatic N) is 1. The van der Waals surface area contributed by atoms with Crippen molar-refractivity contribution in [1.29, 1.82) is 0 Å². The number of aliphatic hydroxyl groups is 1. The predicted octanol–water partition coefficient (Wildman–Crippen LogP) is 4.75. The van der Waals surface area contributed by atoms with E-state index in [2.05, 4.69) is 0 Å². The number of benzene rings is 3. The molecule has 1 atom stereocenters. The number of amides is 1. The van der Waals surface area contributed by atoms with E-state index in [1.165, 1.54) is 4.90 Å². The molecular formula is C25H22ClNO4. The number of Topliss-reactive ketones (excluding diaryl/α,β-unsaturated/α-hetero) is 1. The molecule has 1 N–H and O–H groups in total. The Morgan fingerprint density at radius 1 is 1.06 bits per heavy atom. The zero-order valence-electron chi connectivity index (χ0n) is 17.0. The molecule has 5 nitrogen and oxygen atoms in total. The number of halogens is 1. The number of hydrogen-bond acceptors (Lipinski definition) is 4. The van der Waals surface area contributed by atoms with Crippen LogP contribution in [0, 0.1) is 0 Å². The molecular weight excluding hydrogens is 414 g/mol. The number of ketones is 1. The smallest absolute Gasteiger partial charge is 0.264 e. The van der Waals surface area contributed by atoms with Crippen LogP contribution < -0.4 is 9.64 Å². The minimum atomic E-state index is -1.93. The summed E-state index contributed by atoms with van der Waals surface area (Å²) in [5, 5.41) is 12.0. The number of para-hydroxylation sites is 1. The molecule has 0 radical (unpaired) electrons. The molecule has 6 heteroatoms. The Hall–Kier alpha value is -3.15. The predicted molar refractivity (Wildman–Crippen MR) is 120 cm³/mol. The van der Waals surface area contributed by atoms with E-state index in [0.717, 1.165) is 5.56 Å². The lowest BCUT2D eigenvalue weighted by Crippen LogP contribution is -2.41. The second-order valence-corrected chi connectivity index (χ2v) is 7.89. The van der Waals surface area contributed by atoms with Crippen LogP contribution in [0.1, 0.15) is 34.8 Å². The molecule has 3 aromatic carbocycles. The maximum absolute atomic E-state index is 13.4. The first kappa shape index (κ1) is 21.1. The molecule has 3 aromatic rings. The number of anilines is 1. The van der Waals surface area contributed by atoms with Gasteiger partial charge in [0.25, 0.3) is 5.91 Å². The average molecular weight is 436 g/mol. The van der Waals surface area contributed by atoms with Crippen LogP contribution in [0.5, 0.6) is 5.75 Å². The Kier molecular flexibility index (Phi) is 5.81. The van der Waals surface area contributed by atoms with E-state index in [-0.39, 0.29) is 18.7 Å². The van der Waals surface area contributed by atoms with Gasteiger partial charge >= 0.3 is 0 Å². The number of ether oxygens (including phenoxy) is 1. The van der Waals surface area contributed by atoms with Crippen molar-refractivity contribution in [3.8, 4) is 5.75 Å². The highest BCUT2D eigenvalue weighted by molar-refractivity contribution is 6.30. The molecule has 0 aliphatic carbocycles. The molecule has 158 valence electrons. The lowest BCUT2D eigenvalue weighted by atomic mass is 9.88. The summed E-state index contributed by atoms with van der Waals surface area (Å²) in [6.45, 7) is 2.66. The van der Waals surface area contributed by atoms with Gasteiger partial charge in [-0.1, -0.05) is 41.9 Å². The topological polar surface area (TPSA) is 66.8 Å². The molecule has 0 saturated heterocycles. The molecule has 1 heterocycles. The molecule has 0 saturated carbocycles. The fraction of sp³-hybridized carbons (Fsp3) is 0.200. The number of carbonyl (C=O) groups excluding carboxylic acids is 2. The minimum Gasteiger partial charge on any atom is -0.494 e. The summed E-state index contributed by atoms with van der Waals surface area (Å²) in [5.41, 5.74) is 0.342. The van der Waals surface area contributed by atoms with Crippen LogP contribution in [0.2, 0.25) is 5.02 Å². The van der Waals surface area contributed by atoms with Crippen LogP contribution in [0.4, 0.5) is 5.69 Å². The van der Waals surface area contributed by atoms with Crippen molar-refractivity contribution < 1.29 is 19.4 Å². The Bertz CT molecular complexity index is 1130. The standard InChI is InChI=1S/C25H22ClNO4/c1-2-31-20-12-10-18(11-13-20)23(28)15-25(30)21-8-3-4-9-22(21)27(24(25)29)16-17-6-5-7-19(26)14-17/h3-14,30H,2,15-16H2,1H3. The van der Waals surface area contributed by atoms with Gasteiger partial charge in [-0.25, -0.2) is 0 Å². The number of rotatable bonds is 7. The van der Waals surface area contributed by atoms with Gasteiger partial charge in [-0.15, -0.1) is 0 Å². The zero-order valence-corrected chi connectivity index (χ0v) is 17.8. The van der Waals surface area contributed by atoms with Crippen molar-refractivity contribution in [3.05, 3.63) is 94.5 Å². The molecule has 1 amide bonds. The van der Waals surface area contributed by atoms with E-state index >= 15 is 0 Å². The molecule has 0 aromatic heterocycles. The third-order valence-corrected chi connectivity index (χ3v) is 5.61. The van der Waals surface area contributed by atoms with Gasteiger partial charge in [0.05, 0.1) is 25.3 Å². The molecule has 31 heavy (non-hydrogen) atoms. The van der Waals surface area contributed by atoms with Crippen LogP contribution in [0.25, 0.3) is 0 Å². The average Bonchev–Trinajstić information content (AvgIpc) is 2.96. The van der Waals surface area contributed by atoms with Gasteiger partial charge in [-0.3, -0.25) is 9.59 Å². The number of carbonyl (C=O) groups is 2. The van der Waals surface area contributed by atoms with Crippen LogP contribution in [0.3, 0.4) is 0 Å². The SMILES string of the molecule is CCOc1ccc(C(=O)CC2(O)C(=O)N(Cc3cccc(Cl)c3)c3ccccc32)cc1. The summed E-state index contributed by atoms with van der Waals surface area (Å²) in [6.07, 6.45) is -0.344. The molecule has 0 fully saturated rings. The van der Waals surface area contributed by atoms with Gasteiger partial charge in [0.15, 0.2) is 11.4 Å². The summed E-state index contributed by atoms with van der Waals surface area (Å²) in [4.78, 5) is 27.8. The van der Waals surface area contributed by atoms with E-state index in [1.807, 2.05) is 19.1 Å². The number of hydrogen-bond donors (Lipinski definition) is 1. The summed E-state index contributed by atoms with van der Waals surface area (Å²) < 4.78 is 5.41. The van der Waals surface area contributed by atoms with E-state index in [0.29, 0.717) is 34.2 Å². The van der Waals surface area contributed by atoms with Crippen molar-refractivity contribution in [3.63, 3.8) is 0 Å². The highest BCUT2D eigenvalue weighted by atomic mass is 35.5. The quantitative estimate of drug-likeness (QED) is 0.544. The lowest BCUT2D eigenvalue weighted by molar-refractivity contribution is -0.136. The second kappa shape index (κ2) is 8.53. The van der Waals surface area contributed by atoms with Crippen molar-refractivity contribution in [1.82, 2.24) is 0 Å². The molecule has 0 spiro atoms. The van der Waals surface area contributed by atoms with E-state index in [4.69, 9.17) is 16.3 Å². The fourth-order valence-corrected chi connectivity index (χ4v) is 4.10. The van der Waals surface area contributed by atoms with Crippen molar-refractivity contribution in [2.45, 2.75) is 25.5 Å². The summed E-state index contributed by atoms with van der Waals surface area (Å²) in [5.74, 6) is -0.181. The first-order valence-corrected chi connectivity index (χ1v) is 10.4. The van der Waals surface area contributed by atoms with Gasteiger partial charge in [-0.05, 0) is 55.0 Å². The summed E-state index contributed by atoms with van der Waals surface area (Å²) >= 11 is 6.08. The van der Waals surface area contributed by atoms with Crippen molar-refractivity contribution in [2.24, 2.45) is 0 Å². The summed E-state index contributed by atoms with van der Waals surface area (Å²) in [7, 11) is 0. The lowest BCUT2D eigenvalue weighted by Gasteiger charge is -2.23. The molecule has 0 bridgehead atoms. The highest BCUT2D eigenvalue weighted by Crippen LogP contribution is 2.43. The highest BCUT2D eigenvalue weighted by Gasteiger charge is 2.50. The summed E-state index contributed by atoms with van der Waals surface area (Å²) in [6, 6.07) is 20.9. The van der Waals surface area contributed by atoms with Gasteiger partial charge < -0.3 is 14.7 Å². The third kappa shape index (κ3) is 4.07. The molecule has 1 unspecified atom stereocenters.